The lowest BCUT2D eigenvalue weighted by atomic mass is 10.0. The predicted octanol–water partition coefficient (Wildman–Crippen LogP) is 23.8. The summed E-state index contributed by atoms with van der Waals surface area (Å²) in [5.41, 5.74) is 0. The molecule has 0 spiro atoms. The fourth-order valence-corrected chi connectivity index (χ4v) is 9.68. The fourth-order valence-electron chi connectivity index (χ4n) is 9.68. The van der Waals surface area contributed by atoms with Crippen molar-refractivity contribution in [1.29, 1.82) is 0 Å². The van der Waals surface area contributed by atoms with Crippen molar-refractivity contribution in [3.05, 3.63) is 109 Å². The van der Waals surface area contributed by atoms with Crippen molar-refractivity contribution < 1.29 is 28.6 Å². The third-order valence-corrected chi connectivity index (χ3v) is 14.8. The van der Waals surface area contributed by atoms with Gasteiger partial charge in [0.05, 0.1) is 0 Å². The Bertz CT molecular complexity index is 1620. The van der Waals surface area contributed by atoms with Crippen molar-refractivity contribution in [1.82, 2.24) is 0 Å². The molecule has 1 unspecified atom stereocenters. The molecule has 1 atom stereocenters. The lowest BCUT2D eigenvalue weighted by Crippen LogP contribution is -2.30. The van der Waals surface area contributed by atoms with Gasteiger partial charge in [0, 0.05) is 19.3 Å². The molecular weight excluding hydrogens is 997 g/mol. The minimum absolute atomic E-state index is 0.102. The van der Waals surface area contributed by atoms with E-state index in [1.807, 2.05) is 6.08 Å². The van der Waals surface area contributed by atoms with Crippen LogP contribution in [-0.4, -0.2) is 37.2 Å². The molecule has 0 heterocycles. The molecule has 0 saturated carbocycles. The van der Waals surface area contributed by atoms with Crippen LogP contribution in [0.25, 0.3) is 0 Å². The van der Waals surface area contributed by atoms with Gasteiger partial charge < -0.3 is 14.2 Å². The molecule has 81 heavy (non-hydrogen) atoms. The number of rotatable bonds is 62. The molecule has 0 saturated heterocycles. The zero-order chi connectivity index (χ0) is 58.5. The molecule has 0 aromatic heterocycles. The highest BCUT2D eigenvalue weighted by Gasteiger charge is 2.19. The highest BCUT2D eigenvalue weighted by molar-refractivity contribution is 5.71. The van der Waals surface area contributed by atoms with Gasteiger partial charge in [0.25, 0.3) is 0 Å². The fraction of sp³-hybridized carbons (Fsp3) is 0.720. The third kappa shape index (κ3) is 66.8. The van der Waals surface area contributed by atoms with Gasteiger partial charge >= 0.3 is 17.9 Å². The Morgan fingerprint density at radius 3 is 0.840 bits per heavy atom. The van der Waals surface area contributed by atoms with Gasteiger partial charge in [-0.25, -0.2) is 0 Å². The SMILES string of the molecule is CC/C=C\C/C=C\C/C=C\C/C=C\CCCCCCCCCCC(=O)OC(COC(=O)CC/C=C\C/C=C\C/C=C\C/C=C\CC)COC(=O)CCCCCCCCCCCCCCCCCCC/C=C\CCCCCCCCCC. The Labute approximate surface area is 501 Å². The topological polar surface area (TPSA) is 78.9 Å². The Hall–Kier alpha value is -3.93. The van der Waals surface area contributed by atoms with Crippen molar-refractivity contribution in [2.24, 2.45) is 0 Å². The second-order valence-electron chi connectivity index (χ2n) is 22.7. The van der Waals surface area contributed by atoms with E-state index >= 15 is 0 Å². The van der Waals surface area contributed by atoms with Gasteiger partial charge in [-0.2, -0.15) is 0 Å². The maximum atomic E-state index is 12.9. The first kappa shape index (κ1) is 77.1. The predicted molar refractivity (Wildman–Crippen MR) is 353 cm³/mol. The van der Waals surface area contributed by atoms with Crippen molar-refractivity contribution in [2.45, 2.75) is 335 Å². The Morgan fingerprint density at radius 2 is 0.506 bits per heavy atom. The van der Waals surface area contributed by atoms with E-state index in [0.29, 0.717) is 19.3 Å². The van der Waals surface area contributed by atoms with Gasteiger partial charge in [-0.15, -0.1) is 0 Å². The molecule has 0 aromatic carbocycles. The zero-order valence-electron chi connectivity index (χ0n) is 53.3. The maximum Gasteiger partial charge on any atom is 0.306 e. The number of carbonyl (C=O) groups is 3. The van der Waals surface area contributed by atoms with E-state index in [0.717, 1.165) is 96.3 Å². The van der Waals surface area contributed by atoms with Gasteiger partial charge in [-0.05, 0) is 109 Å². The van der Waals surface area contributed by atoms with Gasteiger partial charge in [-0.1, -0.05) is 310 Å². The number of allylic oxidation sites excluding steroid dienone is 18. The third-order valence-electron chi connectivity index (χ3n) is 14.8. The Morgan fingerprint density at radius 1 is 0.259 bits per heavy atom. The molecule has 0 radical (unpaired) electrons. The number of hydrogen-bond acceptors (Lipinski definition) is 6. The molecule has 6 heteroatoms. The van der Waals surface area contributed by atoms with Gasteiger partial charge in [0.1, 0.15) is 13.2 Å². The molecule has 0 amide bonds. The van der Waals surface area contributed by atoms with Crippen molar-refractivity contribution >= 4 is 17.9 Å². The molecule has 0 rings (SSSR count). The highest BCUT2D eigenvalue weighted by atomic mass is 16.6. The van der Waals surface area contributed by atoms with Gasteiger partial charge in [0.15, 0.2) is 6.10 Å². The summed E-state index contributed by atoms with van der Waals surface area (Å²) in [4.78, 5) is 38.3. The summed E-state index contributed by atoms with van der Waals surface area (Å²) in [6.07, 6.45) is 94.3. The van der Waals surface area contributed by atoms with E-state index in [2.05, 4.69) is 124 Å². The van der Waals surface area contributed by atoms with Crippen LogP contribution in [-0.2, 0) is 28.6 Å². The number of hydrogen-bond donors (Lipinski definition) is 0. The molecule has 464 valence electrons. The van der Waals surface area contributed by atoms with E-state index in [1.165, 1.54) is 186 Å². The Kier molecular flexibility index (Phi) is 65.2. The van der Waals surface area contributed by atoms with E-state index in [4.69, 9.17) is 14.2 Å². The summed E-state index contributed by atoms with van der Waals surface area (Å²) in [7, 11) is 0. The minimum Gasteiger partial charge on any atom is -0.462 e. The molecule has 0 aliphatic heterocycles. The summed E-state index contributed by atoms with van der Waals surface area (Å²) in [6.45, 7) is 6.37. The standard InChI is InChI=1S/C75H128O6/c1-4-7-10-13-16-19-22-25-27-29-31-33-34-35-36-37-38-39-40-42-43-45-47-50-53-56-59-62-65-68-74(77)80-71-72(70-79-73(76)67-64-61-58-55-52-49-24-21-18-15-12-9-6-3)81-75(78)69-66-63-60-57-54-51-48-46-44-41-32-30-28-26-23-20-17-14-11-8-5-2/h8-9,11-12,17-18,20-21,26,28-29,31-32,41,49,52,58,61,72H,4-7,10,13-16,19,22-25,27,30,33-40,42-48,50-51,53-57,59-60,62-71H2,1-3H3/b11-8-,12-9-,20-17-,21-18-,28-26-,31-29-,41-32-,52-49-,61-58-. The molecule has 0 aliphatic rings. The lowest BCUT2D eigenvalue weighted by Gasteiger charge is -2.18. The van der Waals surface area contributed by atoms with E-state index in [9.17, 15) is 14.4 Å². The zero-order valence-corrected chi connectivity index (χ0v) is 53.3. The van der Waals surface area contributed by atoms with Crippen LogP contribution in [0, 0.1) is 0 Å². The molecule has 0 N–H and O–H groups in total. The molecule has 0 bridgehead atoms. The first-order valence-corrected chi connectivity index (χ1v) is 34.4. The van der Waals surface area contributed by atoms with Crippen LogP contribution in [0.4, 0.5) is 0 Å². The van der Waals surface area contributed by atoms with Gasteiger partial charge in [-0.3, -0.25) is 14.4 Å². The van der Waals surface area contributed by atoms with Crippen LogP contribution in [0.15, 0.2) is 109 Å². The maximum absolute atomic E-state index is 12.9. The molecule has 6 nitrogen and oxygen atoms in total. The van der Waals surface area contributed by atoms with Crippen LogP contribution in [0.1, 0.15) is 329 Å². The van der Waals surface area contributed by atoms with E-state index in [1.54, 1.807) is 0 Å². The summed E-state index contributed by atoms with van der Waals surface area (Å²) in [5, 5.41) is 0. The second-order valence-corrected chi connectivity index (χ2v) is 22.7. The second kappa shape index (κ2) is 68.6. The van der Waals surface area contributed by atoms with Crippen molar-refractivity contribution in [3.63, 3.8) is 0 Å². The lowest BCUT2D eigenvalue weighted by molar-refractivity contribution is -0.166. The van der Waals surface area contributed by atoms with E-state index < -0.39 is 6.10 Å². The summed E-state index contributed by atoms with van der Waals surface area (Å²) in [6, 6.07) is 0. The van der Waals surface area contributed by atoms with Crippen LogP contribution in [0.2, 0.25) is 0 Å². The van der Waals surface area contributed by atoms with Gasteiger partial charge in [0.2, 0.25) is 0 Å². The summed E-state index contributed by atoms with van der Waals surface area (Å²) < 4.78 is 16.9. The van der Waals surface area contributed by atoms with Crippen LogP contribution in [0.5, 0.6) is 0 Å². The molecular formula is C75H128O6. The Balaban J connectivity index is 4.28. The van der Waals surface area contributed by atoms with Crippen molar-refractivity contribution in [2.75, 3.05) is 13.2 Å². The van der Waals surface area contributed by atoms with Crippen molar-refractivity contribution in [3.8, 4) is 0 Å². The first-order chi connectivity index (χ1) is 40.0. The number of esters is 3. The number of carbonyl (C=O) groups excluding carboxylic acids is 3. The monoisotopic (exact) mass is 1120 g/mol. The smallest absolute Gasteiger partial charge is 0.306 e. The minimum atomic E-state index is -0.814. The summed E-state index contributed by atoms with van der Waals surface area (Å²) in [5.74, 6) is -0.986. The normalized spacial score (nSPS) is 12.8. The van der Waals surface area contributed by atoms with E-state index in [-0.39, 0.29) is 37.5 Å². The average Bonchev–Trinajstić information content (AvgIpc) is 3.46. The highest BCUT2D eigenvalue weighted by Crippen LogP contribution is 2.17. The van der Waals surface area contributed by atoms with Crippen LogP contribution >= 0.6 is 0 Å². The van der Waals surface area contributed by atoms with Crippen LogP contribution < -0.4 is 0 Å². The molecule has 0 aromatic rings. The summed E-state index contributed by atoms with van der Waals surface area (Å²) >= 11 is 0. The molecule has 0 aliphatic carbocycles. The molecule has 0 fully saturated rings. The van der Waals surface area contributed by atoms with Crippen LogP contribution in [0.3, 0.4) is 0 Å². The average molecular weight is 1130 g/mol. The largest absolute Gasteiger partial charge is 0.462 e. The first-order valence-electron chi connectivity index (χ1n) is 34.4. The number of ether oxygens (including phenoxy) is 3. The quantitative estimate of drug-likeness (QED) is 0.0261. The number of unbranched alkanes of at least 4 members (excludes halogenated alkanes) is 33.